The van der Waals surface area contributed by atoms with Crippen molar-refractivity contribution < 1.29 is 13.2 Å². The molecule has 1 aromatic rings. The number of sulfonamides is 1. The van der Waals surface area contributed by atoms with E-state index in [2.05, 4.69) is 0 Å². The SMILES string of the molecule is CS(=O)(=O)NC(=O)c1ccc(Cl)s1. The monoisotopic (exact) mass is 239 g/mol. The molecule has 0 aliphatic rings. The summed E-state index contributed by atoms with van der Waals surface area (Å²) < 4.78 is 23.6. The molecule has 0 aliphatic heterocycles. The molecule has 72 valence electrons. The second-order valence-corrected chi connectivity index (χ2v) is 5.77. The van der Waals surface area contributed by atoms with Crippen LogP contribution in [0.4, 0.5) is 0 Å². The van der Waals surface area contributed by atoms with E-state index in [0.29, 0.717) is 4.34 Å². The van der Waals surface area contributed by atoms with Crippen LogP contribution in [-0.2, 0) is 10.0 Å². The highest BCUT2D eigenvalue weighted by Crippen LogP contribution is 2.21. The Hall–Kier alpha value is -0.590. The van der Waals surface area contributed by atoms with Gasteiger partial charge in [0.2, 0.25) is 10.0 Å². The molecule has 7 heteroatoms. The molecule has 0 fully saturated rings. The van der Waals surface area contributed by atoms with Crippen molar-refractivity contribution in [1.29, 1.82) is 0 Å². The van der Waals surface area contributed by atoms with Crippen LogP contribution >= 0.6 is 22.9 Å². The maximum atomic E-state index is 11.1. The second kappa shape index (κ2) is 3.65. The first-order chi connectivity index (χ1) is 5.88. The molecule has 0 saturated heterocycles. The minimum absolute atomic E-state index is 0.274. The average molecular weight is 240 g/mol. The maximum absolute atomic E-state index is 11.1. The molecule has 0 spiro atoms. The lowest BCUT2D eigenvalue weighted by atomic mass is 10.5. The third-order valence-corrected chi connectivity index (χ3v) is 2.86. The van der Waals surface area contributed by atoms with Crippen LogP contribution in [-0.4, -0.2) is 20.6 Å². The molecule has 0 aliphatic carbocycles. The highest BCUT2D eigenvalue weighted by molar-refractivity contribution is 7.89. The molecule has 1 amide bonds. The molecule has 1 N–H and O–H groups in total. The molecule has 1 heterocycles. The summed E-state index contributed by atoms with van der Waals surface area (Å²) in [6.45, 7) is 0. The Balaban J connectivity index is 2.81. The van der Waals surface area contributed by atoms with E-state index in [9.17, 15) is 13.2 Å². The number of nitrogens with one attached hydrogen (secondary N) is 1. The lowest BCUT2D eigenvalue weighted by molar-refractivity contribution is 0.0985. The van der Waals surface area contributed by atoms with Crippen molar-refractivity contribution in [2.45, 2.75) is 0 Å². The summed E-state index contributed by atoms with van der Waals surface area (Å²) in [5.74, 6) is -0.653. The van der Waals surface area contributed by atoms with Crippen molar-refractivity contribution >= 4 is 38.9 Å². The largest absolute Gasteiger partial charge is 0.274 e. The predicted octanol–water partition coefficient (Wildman–Crippen LogP) is 1.09. The highest BCUT2D eigenvalue weighted by atomic mass is 35.5. The summed E-state index contributed by atoms with van der Waals surface area (Å²) in [6, 6.07) is 3.00. The Bertz CT molecular complexity index is 423. The Kier molecular flexibility index (Phi) is 2.94. The molecule has 0 saturated carbocycles. The van der Waals surface area contributed by atoms with E-state index in [1.54, 1.807) is 0 Å². The molecule has 0 radical (unpaired) electrons. The highest BCUT2D eigenvalue weighted by Gasteiger charge is 2.12. The van der Waals surface area contributed by atoms with Gasteiger partial charge < -0.3 is 0 Å². The van der Waals surface area contributed by atoms with Crippen LogP contribution in [0.3, 0.4) is 0 Å². The number of rotatable bonds is 2. The fraction of sp³-hybridized carbons (Fsp3) is 0.167. The molecule has 1 aromatic heterocycles. The minimum atomic E-state index is -3.50. The number of carbonyl (C=O) groups is 1. The second-order valence-electron chi connectivity index (χ2n) is 2.31. The summed E-state index contributed by atoms with van der Waals surface area (Å²) in [5, 5.41) is 0. The van der Waals surface area contributed by atoms with Gasteiger partial charge in [-0.15, -0.1) is 11.3 Å². The molecular weight excluding hydrogens is 234 g/mol. The third-order valence-electron chi connectivity index (χ3n) is 1.08. The Morgan fingerprint density at radius 1 is 1.54 bits per heavy atom. The van der Waals surface area contributed by atoms with E-state index in [1.807, 2.05) is 4.72 Å². The smallest absolute Gasteiger partial charge is 0.267 e. The van der Waals surface area contributed by atoms with Gasteiger partial charge in [0.15, 0.2) is 0 Å². The molecule has 1 rings (SSSR count). The lowest BCUT2D eigenvalue weighted by Crippen LogP contribution is -2.28. The summed E-state index contributed by atoms with van der Waals surface area (Å²) in [6.07, 6.45) is 0.917. The number of carbonyl (C=O) groups excluding carboxylic acids is 1. The number of halogens is 1. The standard InChI is InChI=1S/C6H6ClNO3S2/c1-13(10,11)8-6(9)4-2-3-5(7)12-4/h2-3H,1H3,(H,8,9). The predicted molar refractivity (Wildman–Crippen MR) is 51.6 cm³/mol. The van der Waals surface area contributed by atoms with E-state index in [4.69, 9.17) is 11.6 Å². The maximum Gasteiger partial charge on any atom is 0.274 e. The number of hydrogen-bond donors (Lipinski definition) is 1. The van der Waals surface area contributed by atoms with Gasteiger partial charge in [-0.3, -0.25) is 4.79 Å². The van der Waals surface area contributed by atoms with Gasteiger partial charge in [-0.2, -0.15) is 0 Å². The molecule has 0 aromatic carbocycles. The zero-order valence-corrected chi connectivity index (χ0v) is 8.96. The Morgan fingerprint density at radius 3 is 2.54 bits per heavy atom. The van der Waals surface area contributed by atoms with Gasteiger partial charge in [-0.1, -0.05) is 11.6 Å². The van der Waals surface area contributed by atoms with E-state index < -0.39 is 15.9 Å². The fourth-order valence-corrected chi connectivity index (χ4v) is 2.10. The zero-order valence-electron chi connectivity index (χ0n) is 6.57. The van der Waals surface area contributed by atoms with Crippen LogP contribution in [0.2, 0.25) is 4.34 Å². The average Bonchev–Trinajstić information content (AvgIpc) is 2.31. The summed E-state index contributed by atoms with van der Waals surface area (Å²) in [5.41, 5.74) is 0. The summed E-state index contributed by atoms with van der Waals surface area (Å²) >= 11 is 6.59. The van der Waals surface area contributed by atoms with Gasteiger partial charge in [0.05, 0.1) is 15.5 Å². The minimum Gasteiger partial charge on any atom is -0.267 e. The first-order valence-corrected chi connectivity index (χ1v) is 6.24. The van der Waals surface area contributed by atoms with E-state index >= 15 is 0 Å². The molecule has 0 atom stereocenters. The van der Waals surface area contributed by atoms with Crippen LogP contribution in [0, 0.1) is 0 Å². The van der Waals surface area contributed by atoms with Crippen LogP contribution in [0.1, 0.15) is 9.67 Å². The first-order valence-electron chi connectivity index (χ1n) is 3.16. The van der Waals surface area contributed by atoms with Gasteiger partial charge in [0, 0.05) is 0 Å². The van der Waals surface area contributed by atoms with Crippen LogP contribution in [0.5, 0.6) is 0 Å². The number of thiophene rings is 1. The Morgan fingerprint density at radius 2 is 2.15 bits per heavy atom. The third kappa shape index (κ3) is 3.33. The van der Waals surface area contributed by atoms with Crippen molar-refractivity contribution in [2.24, 2.45) is 0 Å². The quantitative estimate of drug-likeness (QED) is 0.841. The van der Waals surface area contributed by atoms with Gasteiger partial charge >= 0.3 is 0 Å². The zero-order chi connectivity index (χ0) is 10.1. The van der Waals surface area contributed by atoms with Crippen molar-refractivity contribution in [3.63, 3.8) is 0 Å². The van der Waals surface area contributed by atoms with Crippen LogP contribution in [0.25, 0.3) is 0 Å². The lowest BCUT2D eigenvalue weighted by Gasteiger charge is -1.98. The van der Waals surface area contributed by atoms with Crippen molar-refractivity contribution in [3.8, 4) is 0 Å². The molecule has 4 nitrogen and oxygen atoms in total. The van der Waals surface area contributed by atoms with E-state index in [0.717, 1.165) is 17.6 Å². The number of hydrogen-bond acceptors (Lipinski definition) is 4. The Labute approximate surface area is 84.6 Å². The first kappa shape index (κ1) is 10.5. The summed E-state index contributed by atoms with van der Waals surface area (Å²) in [4.78, 5) is 11.4. The van der Waals surface area contributed by atoms with Gasteiger partial charge in [0.25, 0.3) is 5.91 Å². The van der Waals surface area contributed by atoms with E-state index in [-0.39, 0.29) is 4.88 Å². The summed E-state index contributed by atoms with van der Waals surface area (Å²) in [7, 11) is -3.50. The van der Waals surface area contributed by atoms with Gasteiger partial charge in [-0.25, -0.2) is 13.1 Å². The van der Waals surface area contributed by atoms with Crippen molar-refractivity contribution in [1.82, 2.24) is 4.72 Å². The van der Waals surface area contributed by atoms with Crippen molar-refractivity contribution in [3.05, 3.63) is 21.3 Å². The fourth-order valence-electron chi connectivity index (χ4n) is 0.655. The van der Waals surface area contributed by atoms with Crippen LogP contribution < -0.4 is 4.72 Å². The molecule has 0 unspecified atom stereocenters. The normalized spacial score (nSPS) is 11.2. The van der Waals surface area contributed by atoms with Gasteiger partial charge in [-0.05, 0) is 12.1 Å². The molecule has 0 bridgehead atoms. The van der Waals surface area contributed by atoms with Crippen molar-refractivity contribution in [2.75, 3.05) is 6.26 Å². The molecular formula is C6H6ClNO3S2. The topological polar surface area (TPSA) is 63.2 Å². The van der Waals surface area contributed by atoms with Gasteiger partial charge in [0.1, 0.15) is 0 Å². The number of amides is 1. The van der Waals surface area contributed by atoms with Crippen LogP contribution in [0.15, 0.2) is 12.1 Å². The molecule has 13 heavy (non-hydrogen) atoms. The van der Waals surface area contributed by atoms with E-state index in [1.165, 1.54) is 12.1 Å².